The Kier molecular flexibility index (Phi) is 5.54. The largest absolute Gasteiger partial charge is 0.364 e. The highest BCUT2D eigenvalue weighted by Gasteiger charge is 2.26. The van der Waals surface area contributed by atoms with Gasteiger partial charge in [0.1, 0.15) is 36.4 Å². The Bertz CT molecular complexity index is 639. The van der Waals surface area contributed by atoms with Crippen molar-refractivity contribution < 1.29 is 14.4 Å². The van der Waals surface area contributed by atoms with E-state index < -0.39 is 0 Å². The van der Waals surface area contributed by atoms with Crippen LogP contribution in [0.15, 0.2) is 0 Å². The Morgan fingerprint density at radius 3 is 2.75 bits per heavy atom. The van der Waals surface area contributed by atoms with Gasteiger partial charge in [0.25, 0.3) is 0 Å². The minimum atomic E-state index is 0.0180. The zero-order chi connectivity index (χ0) is 17.1. The highest BCUT2D eigenvalue weighted by Crippen LogP contribution is 2.37. The Morgan fingerprint density at radius 2 is 2.04 bits per heavy atom. The van der Waals surface area contributed by atoms with Crippen LogP contribution in [0.25, 0.3) is 0 Å². The fraction of sp³-hybridized carbons (Fsp3) is 0.667. The lowest BCUT2D eigenvalue weighted by Gasteiger charge is -2.32. The number of carbonyl (C=O) groups excluding carboxylic acids is 1. The lowest BCUT2D eigenvalue weighted by Crippen LogP contribution is -3.15. The molecule has 0 bridgehead atoms. The van der Waals surface area contributed by atoms with E-state index in [9.17, 15) is 10.1 Å². The van der Waals surface area contributed by atoms with E-state index >= 15 is 0 Å². The first-order chi connectivity index (χ1) is 11.6. The van der Waals surface area contributed by atoms with Crippen LogP contribution in [-0.4, -0.2) is 37.7 Å². The number of nitriles is 1. The van der Waals surface area contributed by atoms with Crippen LogP contribution in [0.2, 0.25) is 0 Å². The van der Waals surface area contributed by atoms with Gasteiger partial charge in [0.15, 0.2) is 0 Å². The van der Waals surface area contributed by atoms with Crippen LogP contribution in [0.3, 0.4) is 0 Å². The summed E-state index contributed by atoms with van der Waals surface area (Å²) in [5.74, 6) is 0.0180. The summed E-state index contributed by atoms with van der Waals surface area (Å²) < 4.78 is 5.74. The average molecular weight is 348 g/mol. The van der Waals surface area contributed by atoms with Crippen LogP contribution in [0.4, 0.5) is 5.00 Å². The highest BCUT2D eigenvalue weighted by molar-refractivity contribution is 7.16. The maximum absolute atomic E-state index is 12.3. The zero-order valence-electron chi connectivity index (χ0n) is 14.5. The number of rotatable bonds is 4. The van der Waals surface area contributed by atoms with Crippen LogP contribution in [-0.2, 0) is 22.4 Å². The first-order valence-corrected chi connectivity index (χ1v) is 9.72. The fourth-order valence-corrected chi connectivity index (χ4v) is 5.10. The number of carbonyl (C=O) groups is 1. The Labute approximate surface area is 147 Å². The molecule has 0 radical (unpaired) electrons. The molecule has 0 spiro atoms. The molecule has 6 heteroatoms. The number of hydrogen-bond acceptors (Lipinski definition) is 4. The third-order valence-electron chi connectivity index (χ3n) is 4.86. The van der Waals surface area contributed by atoms with Gasteiger partial charge in [0, 0.05) is 4.88 Å². The maximum Gasteiger partial charge on any atom is 0.230 e. The molecule has 0 saturated carbocycles. The minimum Gasteiger partial charge on any atom is -0.364 e. The van der Waals surface area contributed by atoms with Crippen molar-refractivity contribution in [2.45, 2.75) is 58.2 Å². The maximum atomic E-state index is 12.3. The fourth-order valence-electron chi connectivity index (χ4n) is 3.84. The Hall–Kier alpha value is -1.42. The summed E-state index contributed by atoms with van der Waals surface area (Å²) in [6.07, 6.45) is 5.33. The number of quaternary nitrogens is 1. The van der Waals surface area contributed by atoms with Gasteiger partial charge in [-0.15, -0.1) is 11.3 Å². The monoisotopic (exact) mass is 348 g/mol. The molecule has 2 heterocycles. The molecular formula is C18H26N3O2S+. The van der Waals surface area contributed by atoms with E-state index in [0.717, 1.165) is 43.9 Å². The number of amides is 1. The van der Waals surface area contributed by atoms with Crippen LogP contribution >= 0.6 is 11.3 Å². The second kappa shape index (κ2) is 7.64. The standard InChI is InChI=1S/C18H25N3O2S/c1-12-10-21(11-13(2)23-12)8-7-17(22)20-18-15(9-19)14-5-3-4-6-16(14)24-18/h12-13H,3-8,10-11H2,1-2H3,(H,20,22)/p+1/t12-,13+. The molecule has 1 aliphatic heterocycles. The molecule has 3 atom stereocenters. The number of thiophene rings is 1. The zero-order valence-corrected chi connectivity index (χ0v) is 15.3. The van der Waals surface area contributed by atoms with Gasteiger partial charge in [-0.1, -0.05) is 0 Å². The second-order valence-electron chi connectivity index (χ2n) is 6.99. The molecule has 2 N–H and O–H groups in total. The van der Waals surface area contributed by atoms with Crippen molar-refractivity contribution in [2.24, 2.45) is 0 Å². The molecule has 1 unspecified atom stereocenters. The molecule has 1 aromatic heterocycles. The summed E-state index contributed by atoms with van der Waals surface area (Å²) in [5, 5.41) is 13.2. The predicted molar refractivity (Wildman–Crippen MR) is 94.5 cm³/mol. The van der Waals surface area contributed by atoms with Gasteiger partial charge >= 0.3 is 0 Å². The van der Waals surface area contributed by atoms with Gasteiger partial charge in [0.2, 0.25) is 5.91 Å². The smallest absolute Gasteiger partial charge is 0.230 e. The molecule has 1 fully saturated rings. The summed E-state index contributed by atoms with van der Waals surface area (Å²) in [6.45, 7) is 6.90. The van der Waals surface area contributed by atoms with Crippen molar-refractivity contribution in [2.75, 3.05) is 25.0 Å². The topological polar surface area (TPSA) is 66.6 Å². The van der Waals surface area contributed by atoms with E-state index in [1.54, 1.807) is 11.3 Å². The van der Waals surface area contributed by atoms with Crippen molar-refractivity contribution in [1.82, 2.24) is 0 Å². The predicted octanol–water partition coefficient (Wildman–Crippen LogP) is 1.52. The van der Waals surface area contributed by atoms with Gasteiger partial charge in [-0.3, -0.25) is 4.79 Å². The van der Waals surface area contributed by atoms with Crippen molar-refractivity contribution in [1.29, 1.82) is 5.26 Å². The summed E-state index contributed by atoms with van der Waals surface area (Å²) in [7, 11) is 0. The Balaban J connectivity index is 1.57. The van der Waals surface area contributed by atoms with Gasteiger partial charge in [-0.05, 0) is 45.1 Å². The van der Waals surface area contributed by atoms with Crippen LogP contribution < -0.4 is 10.2 Å². The molecule has 1 saturated heterocycles. The quantitative estimate of drug-likeness (QED) is 0.867. The lowest BCUT2D eigenvalue weighted by atomic mass is 9.96. The van der Waals surface area contributed by atoms with Crippen molar-refractivity contribution in [3.63, 3.8) is 0 Å². The van der Waals surface area contributed by atoms with E-state index in [0.29, 0.717) is 12.0 Å². The number of nitrogens with zero attached hydrogens (tertiary/aromatic N) is 1. The minimum absolute atomic E-state index is 0.0180. The highest BCUT2D eigenvalue weighted by atomic mass is 32.1. The SMILES string of the molecule is C[C@@H]1C[NH+](CCC(=O)Nc2sc3c(c2C#N)CCCC3)C[C@H](C)O1. The number of hydrogen-bond donors (Lipinski definition) is 2. The van der Waals surface area contributed by atoms with Crippen molar-refractivity contribution in [3.05, 3.63) is 16.0 Å². The first-order valence-electron chi connectivity index (χ1n) is 8.90. The number of morpholine rings is 1. The van der Waals surface area contributed by atoms with E-state index in [1.807, 2.05) is 0 Å². The summed E-state index contributed by atoms with van der Waals surface area (Å²) in [6, 6.07) is 2.30. The Morgan fingerprint density at radius 1 is 1.33 bits per heavy atom. The summed E-state index contributed by atoms with van der Waals surface area (Å²) in [4.78, 5) is 15.0. The van der Waals surface area contributed by atoms with Gasteiger partial charge < -0.3 is 15.0 Å². The van der Waals surface area contributed by atoms with Crippen molar-refractivity contribution in [3.8, 4) is 6.07 Å². The molecule has 24 heavy (non-hydrogen) atoms. The number of fused-ring (bicyclic) bond motifs is 1. The third-order valence-corrected chi connectivity index (χ3v) is 6.07. The first kappa shape index (κ1) is 17.4. The van der Waals surface area contributed by atoms with Gasteiger partial charge in [0.05, 0.1) is 18.5 Å². The molecule has 0 aromatic carbocycles. The molecule has 5 nitrogen and oxygen atoms in total. The molecular weight excluding hydrogens is 322 g/mol. The number of nitrogens with one attached hydrogen (secondary N) is 2. The van der Waals surface area contributed by atoms with Crippen LogP contribution in [0.5, 0.6) is 0 Å². The molecule has 3 rings (SSSR count). The van der Waals surface area contributed by atoms with Crippen LogP contribution in [0.1, 0.15) is 49.1 Å². The van der Waals surface area contributed by atoms with Gasteiger partial charge in [-0.2, -0.15) is 5.26 Å². The second-order valence-corrected chi connectivity index (χ2v) is 8.10. The van der Waals surface area contributed by atoms with Crippen LogP contribution in [0, 0.1) is 11.3 Å². The average Bonchev–Trinajstić information content (AvgIpc) is 2.89. The third kappa shape index (κ3) is 3.97. The summed E-state index contributed by atoms with van der Waals surface area (Å²) >= 11 is 1.60. The number of anilines is 1. The van der Waals surface area contributed by atoms with E-state index in [-0.39, 0.29) is 18.1 Å². The molecule has 130 valence electrons. The molecule has 1 aromatic rings. The molecule has 2 aliphatic rings. The van der Waals surface area contributed by atoms with E-state index in [4.69, 9.17) is 4.74 Å². The number of aryl methyl sites for hydroxylation is 1. The number of ether oxygens (including phenoxy) is 1. The van der Waals surface area contributed by atoms with E-state index in [2.05, 4.69) is 25.2 Å². The van der Waals surface area contributed by atoms with Crippen molar-refractivity contribution >= 4 is 22.2 Å². The van der Waals surface area contributed by atoms with E-state index in [1.165, 1.54) is 21.8 Å². The molecule has 1 amide bonds. The van der Waals surface area contributed by atoms with Gasteiger partial charge in [-0.25, -0.2) is 0 Å². The summed E-state index contributed by atoms with van der Waals surface area (Å²) in [5.41, 5.74) is 1.87. The molecule has 1 aliphatic carbocycles. The normalized spacial score (nSPS) is 26.5. The lowest BCUT2D eigenvalue weighted by molar-refractivity contribution is -0.914.